The topological polar surface area (TPSA) is 41.6 Å². The van der Waals surface area contributed by atoms with E-state index in [1.807, 2.05) is 18.7 Å². The van der Waals surface area contributed by atoms with Crippen molar-refractivity contribution in [1.29, 1.82) is 0 Å². The van der Waals surface area contributed by atoms with Gasteiger partial charge in [-0.15, -0.1) is 0 Å². The van der Waals surface area contributed by atoms with Crippen LogP contribution in [0.3, 0.4) is 0 Å². The molecule has 1 aliphatic heterocycles. The van der Waals surface area contributed by atoms with Gasteiger partial charge in [0.15, 0.2) is 0 Å². The van der Waals surface area contributed by atoms with E-state index < -0.39 is 0 Å². The normalized spacial score (nSPS) is 20.5. The van der Waals surface area contributed by atoms with Gasteiger partial charge in [-0.05, 0) is 20.3 Å². The predicted octanol–water partition coefficient (Wildman–Crippen LogP) is 0.623. The lowest BCUT2D eigenvalue weighted by Gasteiger charge is -2.19. The molecular weight excluding hydrogens is 192 g/mol. The minimum absolute atomic E-state index is 0.242. The first-order valence-electron chi connectivity index (χ1n) is 5.86. The molecule has 1 fully saturated rings. The van der Waals surface area contributed by atoms with Crippen molar-refractivity contribution >= 4 is 5.91 Å². The van der Waals surface area contributed by atoms with Crippen molar-refractivity contribution < 1.29 is 9.53 Å². The van der Waals surface area contributed by atoms with Crippen molar-refractivity contribution in [2.75, 3.05) is 32.8 Å². The lowest BCUT2D eigenvalue weighted by atomic mass is 10.2. The van der Waals surface area contributed by atoms with E-state index in [0.717, 1.165) is 39.3 Å². The van der Waals surface area contributed by atoms with Gasteiger partial charge in [0.1, 0.15) is 0 Å². The van der Waals surface area contributed by atoms with Crippen molar-refractivity contribution in [3.05, 3.63) is 0 Å². The number of hydrogen-bond donors (Lipinski definition) is 1. The zero-order chi connectivity index (χ0) is 11.1. The van der Waals surface area contributed by atoms with Gasteiger partial charge in [0, 0.05) is 38.7 Å². The molecule has 1 saturated heterocycles. The van der Waals surface area contributed by atoms with E-state index in [-0.39, 0.29) is 5.91 Å². The number of ether oxygens (including phenoxy) is 1. The van der Waals surface area contributed by atoms with E-state index in [1.165, 1.54) is 0 Å². The number of nitrogens with one attached hydrogen (secondary N) is 1. The van der Waals surface area contributed by atoms with Crippen LogP contribution in [0.25, 0.3) is 0 Å². The van der Waals surface area contributed by atoms with Crippen LogP contribution in [0.15, 0.2) is 0 Å². The summed E-state index contributed by atoms with van der Waals surface area (Å²) < 4.78 is 5.25. The Kier molecular flexibility index (Phi) is 5.65. The summed E-state index contributed by atoms with van der Waals surface area (Å²) in [4.78, 5) is 13.5. The third-order valence-corrected chi connectivity index (χ3v) is 2.82. The average Bonchev–Trinajstić information content (AvgIpc) is 2.72. The molecule has 4 heteroatoms. The molecular formula is C11H22N2O2. The summed E-state index contributed by atoms with van der Waals surface area (Å²) in [5.74, 6) is 0.242. The Bertz CT molecular complexity index is 187. The van der Waals surface area contributed by atoms with Gasteiger partial charge in [0.2, 0.25) is 5.91 Å². The predicted molar refractivity (Wildman–Crippen MR) is 59.8 cm³/mol. The van der Waals surface area contributed by atoms with Crippen molar-refractivity contribution in [3.8, 4) is 0 Å². The molecule has 0 aromatic rings. The molecule has 15 heavy (non-hydrogen) atoms. The van der Waals surface area contributed by atoms with Crippen LogP contribution in [-0.2, 0) is 9.53 Å². The van der Waals surface area contributed by atoms with E-state index in [1.54, 1.807) is 0 Å². The fourth-order valence-corrected chi connectivity index (χ4v) is 1.81. The van der Waals surface area contributed by atoms with Crippen LogP contribution in [0.4, 0.5) is 0 Å². The summed E-state index contributed by atoms with van der Waals surface area (Å²) >= 11 is 0. The molecule has 0 aromatic heterocycles. The summed E-state index contributed by atoms with van der Waals surface area (Å²) in [6.07, 6.45) is 1.66. The van der Waals surface area contributed by atoms with Crippen LogP contribution in [0.5, 0.6) is 0 Å². The molecule has 1 unspecified atom stereocenters. The molecule has 1 heterocycles. The third kappa shape index (κ3) is 4.18. The highest BCUT2D eigenvalue weighted by molar-refractivity contribution is 5.76. The first-order chi connectivity index (χ1) is 7.27. The molecule has 88 valence electrons. The maximum Gasteiger partial charge on any atom is 0.223 e. The maximum atomic E-state index is 11.6. The Labute approximate surface area is 92.0 Å². The molecule has 4 nitrogen and oxygen atoms in total. The second-order valence-corrected chi connectivity index (χ2v) is 3.83. The molecule has 0 aromatic carbocycles. The van der Waals surface area contributed by atoms with Gasteiger partial charge in [-0.3, -0.25) is 4.79 Å². The van der Waals surface area contributed by atoms with Crippen LogP contribution in [-0.4, -0.2) is 49.7 Å². The van der Waals surface area contributed by atoms with Crippen molar-refractivity contribution in [3.63, 3.8) is 0 Å². The molecule has 0 spiro atoms. The number of hydrogen-bond acceptors (Lipinski definition) is 3. The number of nitrogens with zero attached hydrogens (tertiary/aromatic N) is 1. The number of carbonyl (C=O) groups is 1. The van der Waals surface area contributed by atoms with E-state index in [9.17, 15) is 4.79 Å². The molecule has 0 aliphatic carbocycles. The van der Waals surface area contributed by atoms with Crippen molar-refractivity contribution in [2.24, 2.45) is 0 Å². The second-order valence-electron chi connectivity index (χ2n) is 3.83. The SMILES string of the molecule is CCN(CC)C(=O)CCNC1CCOC1. The fraction of sp³-hybridized carbons (Fsp3) is 0.909. The molecule has 0 saturated carbocycles. The number of amides is 1. The van der Waals surface area contributed by atoms with E-state index in [0.29, 0.717) is 12.5 Å². The zero-order valence-corrected chi connectivity index (χ0v) is 9.79. The minimum atomic E-state index is 0.242. The highest BCUT2D eigenvalue weighted by Crippen LogP contribution is 2.03. The Morgan fingerprint density at radius 2 is 2.20 bits per heavy atom. The van der Waals surface area contributed by atoms with Gasteiger partial charge in [-0.25, -0.2) is 0 Å². The highest BCUT2D eigenvalue weighted by atomic mass is 16.5. The quantitative estimate of drug-likeness (QED) is 0.705. The maximum absolute atomic E-state index is 11.6. The Morgan fingerprint density at radius 1 is 1.47 bits per heavy atom. The smallest absolute Gasteiger partial charge is 0.223 e. The molecule has 1 N–H and O–H groups in total. The first-order valence-corrected chi connectivity index (χ1v) is 5.86. The molecule has 1 amide bonds. The molecule has 1 rings (SSSR count). The Balaban J connectivity index is 2.10. The Hall–Kier alpha value is -0.610. The minimum Gasteiger partial charge on any atom is -0.380 e. The first kappa shape index (κ1) is 12.5. The van der Waals surface area contributed by atoms with Crippen LogP contribution in [0.1, 0.15) is 26.7 Å². The van der Waals surface area contributed by atoms with Gasteiger partial charge in [0.25, 0.3) is 0 Å². The van der Waals surface area contributed by atoms with Gasteiger partial charge in [-0.1, -0.05) is 0 Å². The van der Waals surface area contributed by atoms with E-state index >= 15 is 0 Å². The van der Waals surface area contributed by atoms with E-state index in [4.69, 9.17) is 4.74 Å². The summed E-state index contributed by atoms with van der Waals surface area (Å²) in [5, 5.41) is 3.34. The summed E-state index contributed by atoms with van der Waals surface area (Å²) in [7, 11) is 0. The molecule has 1 atom stereocenters. The van der Waals surface area contributed by atoms with Crippen molar-refractivity contribution in [2.45, 2.75) is 32.7 Å². The summed E-state index contributed by atoms with van der Waals surface area (Å²) in [6, 6.07) is 0.453. The van der Waals surface area contributed by atoms with Crippen LogP contribution >= 0.6 is 0 Å². The molecule has 0 bridgehead atoms. The average molecular weight is 214 g/mol. The zero-order valence-electron chi connectivity index (χ0n) is 9.79. The summed E-state index contributed by atoms with van der Waals surface area (Å²) in [6.45, 7) is 8.05. The largest absolute Gasteiger partial charge is 0.380 e. The number of rotatable bonds is 6. The van der Waals surface area contributed by atoms with Gasteiger partial charge < -0.3 is 15.0 Å². The summed E-state index contributed by atoms with van der Waals surface area (Å²) in [5.41, 5.74) is 0. The monoisotopic (exact) mass is 214 g/mol. The van der Waals surface area contributed by atoms with Crippen LogP contribution < -0.4 is 5.32 Å². The standard InChI is InChI=1S/C11H22N2O2/c1-3-13(4-2)11(14)5-7-12-10-6-8-15-9-10/h10,12H,3-9H2,1-2H3. The van der Waals surface area contributed by atoms with E-state index in [2.05, 4.69) is 5.32 Å². The van der Waals surface area contributed by atoms with Gasteiger partial charge in [0.05, 0.1) is 6.61 Å². The Morgan fingerprint density at radius 3 is 2.73 bits per heavy atom. The van der Waals surface area contributed by atoms with Crippen molar-refractivity contribution in [1.82, 2.24) is 10.2 Å². The lowest BCUT2D eigenvalue weighted by Crippen LogP contribution is -2.36. The lowest BCUT2D eigenvalue weighted by molar-refractivity contribution is -0.130. The fourth-order valence-electron chi connectivity index (χ4n) is 1.81. The molecule has 1 aliphatic rings. The number of carbonyl (C=O) groups excluding carboxylic acids is 1. The highest BCUT2D eigenvalue weighted by Gasteiger charge is 2.15. The van der Waals surface area contributed by atoms with Crippen LogP contribution in [0, 0.1) is 0 Å². The van der Waals surface area contributed by atoms with Crippen LogP contribution in [0.2, 0.25) is 0 Å². The van der Waals surface area contributed by atoms with Gasteiger partial charge in [-0.2, -0.15) is 0 Å². The second kappa shape index (κ2) is 6.80. The molecule has 0 radical (unpaired) electrons. The third-order valence-electron chi connectivity index (χ3n) is 2.82. The van der Waals surface area contributed by atoms with Gasteiger partial charge >= 0.3 is 0 Å².